The van der Waals surface area contributed by atoms with Gasteiger partial charge in [-0.3, -0.25) is 5.32 Å². The van der Waals surface area contributed by atoms with E-state index >= 15 is 0 Å². The van der Waals surface area contributed by atoms with Crippen molar-refractivity contribution in [1.29, 1.82) is 0 Å². The van der Waals surface area contributed by atoms with Gasteiger partial charge in [-0.2, -0.15) is 0 Å². The monoisotopic (exact) mass is 768 g/mol. The van der Waals surface area contributed by atoms with E-state index in [4.69, 9.17) is 4.74 Å². The maximum absolute atomic E-state index is 6.73. The van der Waals surface area contributed by atoms with Gasteiger partial charge in [0, 0.05) is 23.5 Å². The van der Waals surface area contributed by atoms with E-state index in [-0.39, 0.29) is 0 Å². The first-order chi connectivity index (χ1) is 27.8. The summed E-state index contributed by atoms with van der Waals surface area (Å²) in [5.74, 6) is 6.99. The summed E-state index contributed by atoms with van der Waals surface area (Å²) in [6, 6.07) is 7.45. The van der Waals surface area contributed by atoms with Crippen molar-refractivity contribution in [2.24, 2.45) is 41.4 Å². The van der Waals surface area contributed by atoms with E-state index in [0.717, 1.165) is 77.8 Å². The van der Waals surface area contributed by atoms with E-state index in [9.17, 15) is 0 Å². The molecule has 0 amide bonds. The first kappa shape index (κ1) is 41.6. The molecule has 0 radical (unpaired) electrons. The predicted molar refractivity (Wildman–Crippen MR) is 241 cm³/mol. The van der Waals surface area contributed by atoms with Crippen LogP contribution in [0, 0.1) is 41.4 Å². The van der Waals surface area contributed by atoms with Crippen LogP contribution in [-0.4, -0.2) is 23.7 Å². The van der Waals surface area contributed by atoms with Gasteiger partial charge in [0.1, 0.15) is 11.5 Å². The molecule has 4 heteroatoms. The molecule has 3 aliphatic heterocycles. The highest BCUT2D eigenvalue weighted by atomic mass is 16.5. The largest absolute Gasteiger partial charge is 0.457 e. The highest BCUT2D eigenvalue weighted by Crippen LogP contribution is 2.52. The second-order valence-corrected chi connectivity index (χ2v) is 18.5. The van der Waals surface area contributed by atoms with Crippen molar-refractivity contribution in [2.75, 3.05) is 6.54 Å². The molecule has 306 valence electrons. The van der Waals surface area contributed by atoms with Crippen LogP contribution >= 0.6 is 0 Å². The lowest BCUT2D eigenvalue weighted by molar-refractivity contribution is 0.00232. The Morgan fingerprint density at radius 2 is 1.82 bits per heavy atom. The molecule has 4 nitrogen and oxygen atoms in total. The van der Waals surface area contributed by atoms with E-state index in [1.807, 2.05) is 0 Å². The molecule has 0 bridgehead atoms. The zero-order chi connectivity index (χ0) is 39.9. The normalized spacial score (nSPS) is 31.9. The number of allylic oxidation sites excluding steroid dienone is 10. The van der Waals surface area contributed by atoms with Crippen molar-refractivity contribution in [3.63, 3.8) is 0 Å². The number of nitrogens with zero attached hydrogens (tertiary/aromatic N) is 1. The van der Waals surface area contributed by atoms with E-state index in [1.165, 1.54) is 81.8 Å². The molecular formula is C53H73N3O. The molecule has 6 aliphatic rings. The Bertz CT molecular complexity index is 1770. The van der Waals surface area contributed by atoms with Crippen molar-refractivity contribution in [2.45, 2.75) is 136 Å². The van der Waals surface area contributed by atoms with E-state index in [1.54, 1.807) is 0 Å². The number of benzene rings is 1. The van der Waals surface area contributed by atoms with Crippen molar-refractivity contribution in [1.82, 2.24) is 15.5 Å². The smallest absolute Gasteiger partial charge is 0.130 e. The summed E-state index contributed by atoms with van der Waals surface area (Å²) in [7, 11) is 0. The Labute approximate surface area is 346 Å². The highest BCUT2D eigenvalue weighted by molar-refractivity contribution is 5.57. The third kappa shape index (κ3) is 9.66. The van der Waals surface area contributed by atoms with Gasteiger partial charge in [-0.05, 0) is 140 Å². The molecule has 2 N–H and O–H groups in total. The second-order valence-electron chi connectivity index (χ2n) is 18.5. The van der Waals surface area contributed by atoms with Crippen LogP contribution in [0.1, 0.15) is 128 Å². The molecule has 0 aromatic heterocycles. The van der Waals surface area contributed by atoms with Crippen LogP contribution in [0.25, 0.3) is 0 Å². The van der Waals surface area contributed by atoms with Crippen LogP contribution < -0.4 is 15.4 Å². The average Bonchev–Trinajstić information content (AvgIpc) is 3.71. The van der Waals surface area contributed by atoms with E-state index in [2.05, 4.69) is 142 Å². The van der Waals surface area contributed by atoms with Gasteiger partial charge in [-0.1, -0.05) is 134 Å². The Hall–Kier alpha value is -3.60. The Kier molecular flexibility index (Phi) is 14.2. The third-order valence-corrected chi connectivity index (χ3v) is 14.6. The van der Waals surface area contributed by atoms with Crippen molar-refractivity contribution >= 4 is 0 Å². The zero-order valence-corrected chi connectivity index (χ0v) is 35.9. The lowest BCUT2D eigenvalue weighted by Gasteiger charge is -2.52. The predicted octanol–water partition coefficient (Wildman–Crippen LogP) is 13.0. The number of hydrogen-bond acceptors (Lipinski definition) is 4. The van der Waals surface area contributed by atoms with Gasteiger partial charge in [0.05, 0.1) is 11.9 Å². The number of ether oxygens (including phenoxy) is 1. The molecule has 57 heavy (non-hydrogen) atoms. The topological polar surface area (TPSA) is 36.5 Å². The molecule has 3 aliphatic carbocycles. The first-order valence-electron chi connectivity index (χ1n) is 23.0. The van der Waals surface area contributed by atoms with Crippen LogP contribution in [-0.2, 0) is 6.42 Å². The first-order valence-corrected chi connectivity index (χ1v) is 23.0. The molecule has 3 heterocycles. The summed E-state index contributed by atoms with van der Waals surface area (Å²) in [5, 5.41) is 8.06. The van der Waals surface area contributed by atoms with Gasteiger partial charge in [-0.15, -0.1) is 6.58 Å². The molecule has 0 spiro atoms. The van der Waals surface area contributed by atoms with Crippen LogP contribution in [0.2, 0.25) is 0 Å². The van der Waals surface area contributed by atoms with Gasteiger partial charge >= 0.3 is 0 Å². The average molecular weight is 768 g/mol. The van der Waals surface area contributed by atoms with Crippen LogP contribution in [0.4, 0.5) is 0 Å². The van der Waals surface area contributed by atoms with Crippen molar-refractivity contribution in [3.8, 4) is 5.75 Å². The molecule has 1 aromatic carbocycles. The summed E-state index contributed by atoms with van der Waals surface area (Å²) in [4.78, 5) is 2.26. The number of nitrogens with one attached hydrogen (secondary N) is 2. The lowest BCUT2D eigenvalue weighted by Crippen LogP contribution is -2.54. The minimum Gasteiger partial charge on any atom is -0.457 e. The third-order valence-electron chi connectivity index (χ3n) is 14.6. The van der Waals surface area contributed by atoms with Crippen LogP contribution in [0.15, 0.2) is 127 Å². The maximum Gasteiger partial charge on any atom is 0.130 e. The van der Waals surface area contributed by atoms with Gasteiger partial charge < -0.3 is 15.0 Å². The quantitative estimate of drug-likeness (QED) is 0.185. The lowest BCUT2D eigenvalue weighted by atomic mass is 9.56. The van der Waals surface area contributed by atoms with Crippen LogP contribution in [0.3, 0.4) is 0 Å². The minimum absolute atomic E-state index is 0.393. The summed E-state index contributed by atoms with van der Waals surface area (Å²) in [6.07, 6.45) is 40.4. The molecule has 8 atom stereocenters. The molecule has 1 aromatic rings. The summed E-state index contributed by atoms with van der Waals surface area (Å²) >= 11 is 0. The maximum atomic E-state index is 6.73. The molecule has 2 saturated carbocycles. The molecule has 5 unspecified atom stereocenters. The Morgan fingerprint density at radius 1 is 1.00 bits per heavy atom. The van der Waals surface area contributed by atoms with Gasteiger partial charge in [0.25, 0.3) is 0 Å². The Morgan fingerprint density at radius 3 is 2.51 bits per heavy atom. The second kappa shape index (κ2) is 19.4. The fourth-order valence-electron chi connectivity index (χ4n) is 11.3. The summed E-state index contributed by atoms with van der Waals surface area (Å²) in [5.41, 5.74) is 6.60. The Balaban J connectivity index is 1.13. The highest BCUT2D eigenvalue weighted by Gasteiger charge is 2.46. The standard InChI is InChI=1S/C53H73N3O/c1-8-16-41(17-9-2)46-34-48(49(55-52-23-15-30-54-52)35-47(46)42-19-13-20-42)40(10-3)32-38(6)43-26-29-51-44(33-43)21-14-22-50-53(39(7)57-51)37(5)18-11-12-31-56(50)45-27-24-36(4)25-28-45/h10-12,14,18,22,24,26-29,31,33,36,38,40-42,46-49,52,54-55H,3,5,7-9,13,15-17,19-21,23,25,30,32,34-35H2,1-2,4,6H3/b18-11-,22-14-,31-12-,53-50+/t36?,38-,40+,46?,47-,48?,49?,52?/m0/s1. The van der Waals surface area contributed by atoms with Gasteiger partial charge in [0.15, 0.2) is 0 Å². The van der Waals surface area contributed by atoms with Gasteiger partial charge in [0.2, 0.25) is 0 Å². The SMILES string of the molecule is C=C[C@H](C[C@H](C)c1ccc2c(c1)C/C=C\C1=C(\C(=C)/C=C\C=C/N1C1=CCC(C)C=C1)C(=C)O2)C1CC(C(CCC)CCC)[C@H](C2CCC2)CC1NC1CCCN1. The van der Waals surface area contributed by atoms with Gasteiger partial charge in [-0.25, -0.2) is 0 Å². The number of hydrogen-bond donors (Lipinski definition) is 2. The summed E-state index contributed by atoms with van der Waals surface area (Å²) in [6.45, 7) is 24.2. The molecule has 3 fully saturated rings. The number of rotatable bonds is 14. The van der Waals surface area contributed by atoms with E-state index < -0.39 is 0 Å². The van der Waals surface area contributed by atoms with E-state index in [0.29, 0.717) is 41.6 Å². The summed E-state index contributed by atoms with van der Waals surface area (Å²) < 4.78 is 6.73. The molecule has 7 rings (SSSR count). The minimum atomic E-state index is 0.393. The van der Waals surface area contributed by atoms with Crippen molar-refractivity contribution < 1.29 is 4.74 Å². The zero-order valence-electron chi connectivity index (χ0n) is 35.9. The molecule has 1 saturated heterocycles. The fourth-order valence-corrected chi connectivity index (χ4v) is 11.3. The van der Waals surface area contributed by atoms with Crippen molar-refractivity contribution in [3.05, 3.63) is 138 Å². The van der Waals surface area contributed by atoms with Crippen LogP contribution in [0.5, 0.6) is 5.75 Å². The molecular weight excluding hydrogens is 695 g/mol. The fraction of sp³-hybridized carbons (Fsp3) is 0.547. The number of fused-ring (bicyclic) bond motifs is 1.